The Morgan fingerprint density at radius 1 is 1.30 bits per heavy atom. The van der Waals surface area contributed by atoms with Crippen LogP contribution in [0.25, 0.3) is 11.3 Å². The predicted molar refractivity (Wildman–Crippen MR) is 81.2 cm³/mol. The molecule has 1 saturated carbocycles. The van der Waals surface area contributed by atoms with Gasteiger partial charge < -0.3 is 10.3 Å². The van der Waals surface area contributed by atoms with Crippen LogP contribution in [0.2, 0.25) is 0 Å². The average Bonchev–Trinajstić information content (AvgIpc) is 2.97. The molecule has 0 amide bonds. The molecular formula is C16H22N4. The van der Waals surface area contributed by atoms with Gasteiger partial charge in [0.1, 0.15) is 5.82 Å². The lowest BCUT2D eigenvalue weighted by Gasteiger charge is -2.29. The highest BCUT2D eigenvalue weighted by molar-refractivity contribution is 5.61. The molecule has 1 fully saturated rings. The molecule has 3 rings (SSSR count). The van der Waals surface area contributed by atoms with E-state index in [0.717, 1.165) is 17.2 Å². The summed E-state index contributed by atoms with van der Waals surface area (Å²) in [6, 6.07) is 4.50. The Balaban J connectivity index is 1.84. The van der Waals surface area contributed by atoms with Gasteiger partial charge in [-0.15, -0.1) is 0 Å². The number of nitrogens with two attached hydrogens (primary N) is 1. The summed E-state index contributed by atoms with van der Waals surface area (Å²) in [5.74, 6) is 1.47. The molecule has 0 unspecified atom stereocenters. The zero-order valence-electron chi connectivity index (χ0n) is 12.0. The number of anilines is 1. The van der Waals surface area contributed by atoms with Gasteiger partial charge >= 0.3 is 0 Å². The molecule has 2 heterocycles. The fourth-order valence-electron chi connectivity index (χ4n) is 3.26. The molecule has 106 valence electrons. The van der Waals surface area contributed by atoms with E-state index in [9.17, 15) is 0 Å². The Hall–Kier alpha value is -1.84. The minimum absolute atomic E-state index is 0.560. The van der Waals surface area contributed by atoms with Crippen LogP contribution < -0.4 is 5.73 Å². The lowest BCUT2D eigenvalue weighted by molar-refractivity contribution is 0.271. The third-order valence-corrected chi connectivity index (χ3v) is 4.53. The second-order valence-corrected chi connectivity index (χ2v) is 5.74. The third kappa shape index (κ3) is 2.55. The maximum absolute atomic E-state index is 5.79. The second kappa shape index (κ2) is 5.65. The van der Waals surface area contributed by atoms with Crippen LogP contribution >= 0.6 is 0 Å². The Morgan fingerprint density at radius 2 is 2.10 bits per heavy atom. The number of nitrogens with zero attached hydrogens (tertiary/aromatic N) is 3. The molecule has 2 aromatic heterocycles. The summed E-state index contributed by atoms with van der Waals surface area (Å²) in [5.41, 5.74) is 8.04. The molecule has 0 bridgehead atoms. The standard InChI is InChI=1S/C16H22N4/c1-2-12-3-5-14(6-4-12)20-11-18-10-15(20)13-7-8-19-16(17)9-13/h7-12,14H,2-6H2,1H3,(H2,17,19). The summed E-state index contributed by atoms with van der Waals surface area (Å²) in [4.78, 5) is 8.41. The fourth-order valence-corrected chi connectivity index (χ4v) is 3.26. The van der Waals surface area contributed by atoms with Crippen molar-refractivity contribution in [2.24, 2.45) is 5.92 Å². The summed E-state index contributed by atoms with van der Waals surface area (Å²) in [5, 5.41) is 0. The normalized spacial score (nSPS) is 22.9. The van der Waals surface area contributed by atoms with E-state index in [0.29, 0.717) is 11.9 Å². The Kier molecular flexibility index (Phi) is 3.72. The quantitative estimate of drug-likeness (QED) is 0.925. The number of nitrogen functional groups attached to an aromatic ring is 1. The monoisotopic (exact) mass is 270 g/mol. The van der Waals surface area contributed by atoms with E-state index in [-0.39, 0.29) is 0 Å². The zero-order valence-corrected chi connectivity index (χ0v) is 12.0. The fraction of sp³-hybridized carbons (Fsp3) is 0.500. The topological polar surface area (TPSA) is 56.7 Å². The molecule has 0 spiro atoms. The second-order valence-electron chi connectivity index (χ2n) is 5.74. The number of hydrogen-bond donors (Lipinski definition) is 1. The molecular weight excluding hydrogens is 248 g/mol. The number of imidazole rings is 1. The van der Waals surface area contributed by atoms with E-state index in [1.807, 2.05) is 24.7 Å². The molecule has 0 radical (unpaired) electrons. The molecule has 0 aromatic carbocycles. The first-order chi connectivity index (χ1) is 9.78. The van der Waals surface area contributed by atoms with Gasteiger partial charge in [0, 0.05) is 17.8 Å². The molecule has 2 aromatic rings. The molecule has 20 heavy (non-hydrogen) atoms. The lowest BCUT2D eigenvalue weighted by atomic mass is 9.84. The van der Waals surface area contributed by atoms with Crippen molar-refractivity contribution in [3.05, 3.63) is 30.9 Å². The predicted octanol–water partition coefficient (Wildman–Crippen LogP) is 3.67. The van der Waals surface area contributed by atoms with Crippen LogP contribution in [-0.4, -0.2) is 14.5 Å². The van der Waals surface area contributed by atoms with E-state index >= 15 is 0 Å². The largest absolute Gasteiger partial charge is 0.384 e. The molecule has 4 nitrogen and oxygen atoms in total. The van der Waals surface area contributed by atoms with Crippen molar-refractivity contribution < 1.29 is 0 Å². The first kappa shape index (κ1) is 13.2. The highest BCUT2D eigenvalue weighted by Crippen LogP contribution is 2.36. The first-order valence-electron chi connectivity index (χ1n) is 7.51. The summed E-state index contributed by atoms with van der Waals surface area (Å²) in [7, 11) is 0. The summed E-state index contributed by atoms with van der Waals surface area (Å²) >= 11 is 0. The van der Waals surface area contributed by atoms with Gasteiger partial charge in [-0.05, 0) is 43.7 Å². The number of rotatable bonds is 3. The zero-order chi connectivity index (χ0) is 13.9. The van der Waals surface area contributed by atoms with E-state index < -0.39 is 0 Å². The van der Waals surface area contributed by atoms with Gasteiger partial charge in [-0.1, -0.05) is 13.3 Å². The van der Waals surface area contributed by atoms with Crippen molar-refractivity contribution in [1.82, 2.24) is 14.5 Å². The van der Waals surface area contributed by atoms with Crippen LogP contribution in [0.4, 0.5) is 5.82 Å². The van der Waals surface area contributed by atoms with Gasteiger partial charge in [-0.2, -0.15) is 0 Å². The minimum atomic E-state index is 0.560. The van der Waals surface area contributed by atoms with Crippen LogP contribution in [0, 0.1) is 5.92 Å². The highest BCUT2D eigenvalue weighted by atomic mass is 15.1. The van der Waals surface area contributed by atoms with Crippen molar-refractivity contribution >= 4 is 5.82 Å². The van der Waals surface area contributed by atoms with Crippen LogP contribution in [0.5, 0.6) is 0 Å². The van der Waals surface area contributed by atoms with Crippen LogP contribution in [0.15, 0.2) is 30.9 Å². The molecule has 0 saturated heterocycles. The van der Waals surface area contributed by atoms with E-state index in [2.05, 4.69) is 21.5 Å². The molecule has 1 aliphatic carbocycles. The molecule has 2 N–H and O–H groups in total. The first-order valence-corrected chi connectivity index (χ1v) is 7.51. The SMILES string of the molecule is CCC1CCC(n2cncc2-c2ccnc(N)c2)CC1. The highest BCUT2D eigenvalue weighted by Gasteiger charge is 2.22. The minimum Gasteiger partial charge on any atom is -0.384 e. The Bertz CT molecular complexity index is 567. The summed E-state index contributed by atoms with van der Waals surface area (Å²) in [6.07, 6.45) is 12.1. The summed E-state index contributed by atoms with van der Waals surface area (Å²) in [6.45, 7) is 2.30. The van der Waals surface area contributed by atoms with E-state index in [4.69, 9.17) is 5.73 Å². The Labute approximate surface area is 120 Å². The smallest absolute Gasteiger partial charge is 0.123 e. The number of aromatic nitrogens is 3. The number of pyridine rings is 1. The van der Waals surface area contributed by atoms with Crippen molar-refractivity contribution in [1.29, 1.82) is 0 Å². The molecule has 0 atom stereocenters. The van der Waals surface area contributed by atoms with Gasteiger partial charge in [0.25, 0.3) is 0 Å². The average molecular weight is 270 g/mol. The van der Waals surface area contributed by atoms with Gasteiger partial charge in [0.2, 0.25) is 0 Å². The van der Waals surface area contributed by atoms with Crippen molar-refractivity contribution in [3.63, 3.8) is 0 Å². The maximum Gasteiger partial charge on any atom is 0.123 e. The van der Waals surface area contributed by atoms with Gasteiger partial charge in [-0.3, -0.25) is 0 Å². The van der Waals surface area contributed by atoms with Gasteiger partial charge in [0.05, 0.1) is 18.2 Å². The summed E-state index contributed by atoms with van der Waals surface area (Å²) < 4.78 is 2.32. The number of hydrogen-bond acceptors (Lipinski definition) is 3. The van der Waals surface area contributed by atoms with Gasteiger partial charge in [-0.25, -0.2) is 9.97 Å². The Morgan fingerprint density at radius 3 is 2.80 bits per heavy atom. The molecule has 0 aliphatic heterocycles. The van der Waals surface area contributed by atoms with Crippen molar-refractivity contribution in [2.75, 3.05) is 5.73 Å². The van der Waals surface area contributed by atoms with Crippen LogP contribution in [0.1, 0.15) is 45.1 Å². The van der Waals surface area contributed by atoms with E-state index in [1.54, 1.807) is 6.20 Å². The van der Waals surface area contributed by atoms with Crippen molar-refractivity contribution in [3.8, 4) is 11.3 Å². The maximum atomic E-state index is 5.79. The van der Waals surface area contributed by atoms with Gasteiger partial charge in [0.15, 0.2) is 0 Å². The van der Waals surface area contributed by atoms with Crippen LogP contribution in [-0.2, 0) is 0 Å². The van der Waals surface area contributed by atoms with Crippen LogP contribution in [0.3, 0.4) is 0 Å². The van der Waals surface area contributed by atoms with Crippen molar-refractivity contribution in [2.45, 2.75) is 45.1 Å². The third-order valence-electron chi connectivity index (χ3n) is 4.53. The molecule has 4 heteroatoms. The molecule has 1 aliphatic rings. The lowest BCUT2D eigenvalue weighted by Crippen LogP contribution is -2.18. The van der Waals surface area contributed by atoms with E-state index in [1.165, 1.54) is 32.1 Å².